The highest BCUT2D eigenvalue weighted by Gasteiger charge is 2.38. The zero-order chi connectivity index (χ0) is 22.9. The summed E-state index contributed by atoms with van der Waals surface area (Å²) in [5.74, 6) is 0.461. The molecular weight excluding hydrogens is 478 g/mol. The molecule has 172 valence electrons. The monoisotopic (exact) mass is 499 g/mol. The molecule has 1 N–H and O–H groups in total. The summed E-state index contributed by atoms with van der Waals surface area (Å²) in [4.78, 5) is 2.09. The number of anilines is 1. The van der Waals surface area contributed by atoms with Crippen LogP contribution in [0, 0.1) is 12.8 Å². The van der Waals surface area contributed by atoms with Gasteiger partial charge in [-0.25, -0.2) is 0 Å². The van der Waals surface area contributed by atoms with E-state index in [1.165, 1.54) is 6.92 Å². The maximum absolute atomic E-state index is 13.0. The van der Waals surface area contributed by atoms with E-state index in [2.05, 4.69) is 10.00 Å². The lowest BCUT2D eigenvalue weighted by molar-refractivity contribution is -0.141. The maximum Gasteiger partial charge on any atom is 0.436 e. The van der Waals surface area contributed by atoms with Crippen LogP contribution in [0.15, 0.2) is 12.1 Å². The lowest BCUT2D eigenvalue weighted by Crippen LogP contribution is -2.39. The minimum Gasteiger partial charge on any atom is -0.492 e. The molecule has 1 aliphatic rings. The molecule has 0 spiro atoms. The first-order valence-corrected chi connectivity index (χ1v) is 11.0. The number of aliphatic hydroxyl groups excluding tert-OH is 1. The summed E-state index contributed by atoms with van der Waals surface area (Å²) in [6.45, 7) is 5.00. The van der Waals surface area contributed by atoms with E-state index in [4.69, 9.17) is 39.5 Å². The fraction of sp³-hybridized carbons (Fsp3) is 0.550. The summed E-state index contributed by atoms with van der Waals surface area (Å²) in [7, 11) is 0. The van der Waals surface area contributed by atoms with E-state index in [-0.39, 0.29) is 18.2 Å². The number of benzene rings is 1. The normalized spacial score (nSPS) is 16.6. The molecule has 0 aliphatic carbocycles. The van der Waals surface area contributed by atoms with Crippen molar-refractivity contribution in [2.45, 2.75) is 45.5 Å². The Morgan fingerprint density at radius 2 is 1.84 bits per heavy atom. The molecule has 0 saturated carbocycles. The van der Waals surface area contributed by atoms with Gasteiger partial charge in [0.1, 0.15) is 5.75 Å². The number of rotatable bonds is 6. The summed E-state index contributed by atoms with van der Waals surface area (Å²) in [6, 6.07) is 3.45. The first kappa shape index (κ1) is 24.3. The Balaban J connectivity index is 1.66. The van der Waals surface area contributed by atoms with Gasteiger partial charge in [-0.3, -0.25) is 4.68 Å². The number of aromatic nitrogens is 2. The molecule has 0 amide bonds. The molecule has 0 bridgehead atoms. The van der Waals surface area contributed by atoms with E-state index in [0.29, 0.717) is 48.3 Å². The van der Waals surface area contributed by atoms with Crippen molar-refractivity contribution in [3.05, 3.63) is 38.6 Å². The summed E-state index contributed by atoms with van der Waals surface area (Å²) >= 11 is 18.3. The van der Waals surface area contributed by atoms with E-state index in [1.54, 1.807) is 12.1 Å². The predicted molar refractivity (Wildman–Crippen MR) is 116 cm³/mol. The topological polar surface area (TPSA) is 50.5 Å². The fourth-order valence-electron chi connectivity index (χ4n) is 3.76. The van der Waals surface area contributed by atoms with Crippen LogP contribution in [0.1, 0.15) is 31.2 Å². The molecule has 1 fully saturated rings. The molecule has 2 aromatic rings. The SMILES string of the molecule is CCOc1cc(N2CCC(C(O)Cn3nc(C(F)(F)F)c(Cl)c3C)CC2)c(Cl)cc1Cl. The van der Waals surface area contributed by atoms with Crippen molar-refractivity contribution in [1.29, 1.82) is 0 Å². The molecule has 2 heterocycles. The standard InChI is InChI=1S/C20H23Cl3F3N3O2/c1-3-31-17-9-15(13(21)8-14(17)22)28-6-4-12(5-7-28)16(30)10-29-11(2)18(23)19(27-29)20(24,25)26/h8-9,12,16,30H,3-7,10H2,1-2H3. The molecule has 1 unspecified atom stereocenters. The van der Waals surface area contributed by atoms with Crippen molar-refractivity contribution in [1.82, 2.24) is 9.78 Å². The number of hydrogen-bond donors (Lipinski definition) is 1. The number of piperidine rings is 1. The van der Waals surface area contributed by atoms with Crippen LogP contribution in [0.3, 0.4) is 0 Å². The van der Waals surface area contributed by atoms with Crippen molar-refractivity contribution in [3.8, 4) is 5.75 Å². The van der Waals surface area contributed by atoms with Gasteiger partial charge in [0.2, 0.25) is 0 Å². The average molecular weight is 501 g/mol. The van der Waals surface area contributed by atoms with Crippen molar-refractivity contribution >= 4 is 40.5 Å². The van der Waals surface area contributed by atoms with Gasteiger partial charge in [-0.2, -0.15) is 18.3 Å². The van der Waals surface area contributed by atoms with Gasteiger partial charge in [-0.15, -0.1) is 0 Å². The lowest BCUT2D eigenvalue weighted by atomic mass is 9.91. The minimum atomic E-state index is -4.64. The molecule has 1 saturated heterocycles. The number of alkyl halides is 3. The second-order valence-electron chi connectivity index (χ2n) is 7.49. The number of nitrogens with zero attached hydrogens (tertiary/aromatic N) is 3. The Hall–Kier alpha value is -1.35. The molecule has 11 heteroatoms. The zero-order valence-electron chi connectivity index (χ0n) is 17.0. The van der Waals surface area contributed by atoms with Crippen LogP contribution in [-0.2, 0) is 12.7 Å². The maximum atomic E-state index is 13.0. The van der Waals surface area contributed by atoms with E-state index < -0.39 is 23.0 Å². The number of ether oxygens (including phenoxy) is 1. The predicted octanol–water partition coefficient (Wildman–Crippen LogP) is 5.85. The van der Waals surface area contributed by atoms with Crippen LogP contribution >= 0.6 is 34.8 Å². The van der Waals surface area contributed by atoms with Gasteiger partial charge in [0.15, 0.2) is 5.69 Å². The van der Waals surface area contributed by atoms with E-state index >= 15 is 0 Å². The van der Waals surface area contributed by atoms with Crippen molar-refractivity contribution in [2.75, 3.05) is 24.6 Å². The molecule has 1 aromatic heterocycles. The lowest BCUT2D eigenvalue weighted by Gasteiger charge is -2.36. The Bertz CT molecular complexity index is 929. The van der Waals surface area contributed by atoms with Gasteiger partial charge >= 0.3 is 6.18 Å². The second kappa shape index (κ2) is 9.65. The third kappa shape index (κ3) is 5.35. The first-order valence-electron chi connectivity index (χ1n) is 9.87. The highest BCUT2D eigenvalue weighted by atomic mass is 35.5. The van der Waals surface area contributed by atoms with Crippen molar-refractivity contribution in [3.63, 3.8) is 0 Å². The Morgan fingerprint density at radius 3 is 2.39 bits per heavy atom. The van der Waals surface area contributed by atoms with Gasteiger partial charge in [0.25, 0.3) is 0 Å². The quantitative estimate of drug-likeness (QED) is 0.541. The molecule has 3 rings (SSSR count). The highest BCUT2D eigenvalue weighted by Crippen LogP contribution is 2.39. The molecule has 1 aliphatic heterocycles. The summed E-state index contributed by atoms with van der Waals surface area (Å²) in [5.41, 5.74) is -0.148. The number of hydrogen-bond acceptors (Lipinski definition) is 4. The molecular formula is C20H23Cl3F3N3O2. The van der Waals surface area contributed by atoms with Crippen molar-refractivity contribution < 1.29 is 23.0 Å². The molecule has 0 radical (unpaired) electrons. The van der Waals surface area contributed by atoms with Crippen LogP contribution in [0.25, 0.3) is 0 Å². The van der Waals surface area contributed by atoms with Gasteiger partial charge in [-0.1, -0.05) is 34.8 Å². The smallest absolute Gasteiger partial charge is 0.436 e. The summed E-state index contributed by atoms with van der Waals surface area (Å²) in [5, 5.41) is 14.7. The second-order valence-corrected chi connectivity index (χ2v) is 8.68. The highest BCUT2D eigenvalue weighted by molar-refractivity contribution is 6.37. The van der Waals surface area contributed by atoms with Crippen LogP contribution in [0.5, 0.6) is 5.75 Å². The Labute approximate surface area is 193 Å². The number of aliphatic hydroxyl groups is 1. The van der Waals surface area contributed by atoms with Crippen LogP contribution in [0.4, 0.5) is 18.9 Å². The molecule has 5 nitrogen and oxygen atoms in total. The van der Waals surface area contributed by atoms with Gasteiger partial charge in [0.05, 0.1) is 45.7 Å². The molecule has 1 atom stereocenters. The Kier molecular flexibility index (Phi) is 7.56. The fourth-order valence-corrected chi connectivity index (χ4v) is 4.56. The van der Waals surface area contributed by atoms with E-state index in [0.717, 1.165) is 10.4 Å². The van der Waals surface area contributed by atoms with Gasteiger partial charge < -0.3 is 14.7 Å². The summed E-state index contributed by atoms with van der Waals surface area (Å²) < 4.78 is 45.7. The Morgan fingerprint density at radius 1 is 1.19 bits per heavy atom. The van der Waals surface area contributed by atoms with Crippen molar-refractivity contribution in [2.24, 2.45) is 5.92 Å². The third-order valence-corrected chi connectivity index (χ3v) is 6.54. The zero-order valence-corrected chi connectivity index (χ0v) is 19.3. The number of halogens is 6. The van der Waals surface area contributed by atoms with Crippen LogP contribution in [0.2, 0.25) is 15.1 Å². The van der Waals surface area contributed by atoms with E-state index in [9.17, 15) is 18.3 Å². The molecule has 1 aromatic carbocycles. The largest absolute Gasteiger partial charge is 0.492 e. The third-order valence-electron chi connectivity index (χ3n) is 5.49. The van der Waals surface area contributed by atoms with Crippen LogP contribution < -0.4 is 9.64 Å². The van der Waals surface area contributed by atoms with Gasteiger partial charge in [0, 0.05) is 19.2 Å². The van der Waals surface area contributed by atoms with E-state index in [1.807, 2.05) is 6.92 Å². The molecule has 31 heavy (non-hydrogen) atoms. The first-order chi connectivity index (χ1) is 14.5. The average Bonchev–Trinajstić information content (AvgIpc) is 2.99. The minimum absolute atomic E-state index is 0.0531. The van der Waals surface area contributed by atoms with Gasteiger partial charge in [-0.05, 0) is 38.7 Å². The van der Waals surface area contributed by atoms with Crippen LogP contribution in [-0.4, -0.2) is 40.7 Å². The summed E-state index contributed by atoms with van der Waals surface area (Å²) in [6.07, 6.45) is -4.20.